The SMILES string of the molecule is CN(C)[C@@H](CNC(=S)Nc1ccc(OC(F)F)cc1)c1cccs1. The van der Waals surface area contributed by atoms with E-state index in [0.717, 1.165) is 0 Å². The van der Waals surface area contributed by atoms with Crippen LogP contribution in [0.4, 0.5) is 14.5 Å². The van der Waals surface area contributed by atoms with Crippen molar-refractivity contribution in [2.45, 2.75) is 12.7 Å². The fourth-order valence-corrected chi connectivity index (χ4v) is 3.23. The van der Waals surface area contributed by atoms with Crippen molar-refractivity contribution in [2.24, 2.45) is 0 Å². The summed E-state index contributed by atoms with van der Waals surface area (Å²) in [5.41, 5.74) is 0.701. The van der Waals surface area contributed by atoms with E-state index in [1.165, 1.54) is 17.0 Å². The number of nitrogens with one attached hydrogen (secondary N) is 2. The maximum Gasteiger partial charge on any atom is 0.387 e. The van der Waals surface area contributed by atoms with E-state index in [0.29, 0.717) is 17.3 Å². The van der Waals surface area contributed by atoms with Gasteiger partial charge >= 0.3 is 6.61 Å². The summed E-state index contributed by atoms with van der Waals surface area (Å²) in [6, 6.07) is 10.5. The molecule has 2 rings (SSSR count). The van der Waals surface area contributed by atoms with Crippen molar-refractivity contribution in [2.75, 3.05) is 26.0 Å². The summed E-state index contributed by atoms with van der Waals surface area (Å²) in [5, 5.41) is 8.73. The highest BCUT2D eigenvalue weighted by Gasteiger charge is 2.15. The summed E-state index contributed by atoms with van der Waals surface area (Å²) in [7, 11) is 4.04. The molecule has 0 aliphatic carbocycles. The fraction of sp³-hybridized carbons (Fsp3) is 0.312. The minimum atomic E-state index is -2.83. The van der Waals surface area contributed by atoms with Crippen LogP contribution in [0.5, 0.6) is 5.75 Å². The summed E-state index contributed by atoms with van der Waals surface area (Å²) in [6.45, 7) is -2.17. The molecule has 0 radical (unpaired) electrons. The molecule has 0 amide bonds. The lowest BCUT2D eigenvalue weighted by Gasteiger charge is -2.24. The molecule has 24 heavy (non-hydrogen) atoms. The molecule has 8 heteroatoms. The predicted octanol–water partition coefficient (Wildman–Crippen LogP) is 3.94. The molecule has 130 valence electrons. The summed E-state index contributed by atoms with van der Waals surface area (Å²) in [5.74, 6) is 0.111. The van der Waals surface area contributed by atoms with Gasteiger partial charge in [-0.3, -0.25) is 0 Å². The van der Waals surface area contributed by atoms with Gasteiger partial charge in [0.2, 0.25) is 0 Å². The van der Waals surface area contributed by atoms with Crippen LogP contribution in [-0.2, 0) is 0 Å². The highest BCUT2D eigenvalue weighted by molar-refractivity contribution is 7.80. The van der Waals surface area contributed by atoms with Gasteiger partial charge in [0.15, 0.2) is 5.11 Å². The third-order valence-corrected chi connectivity index (χ3v) is 4.51. The van der Waals surface area contributed by atoms with Crippen LogP contribution in [0, 0.1) is 0 Å². The standard InChI is InChI=1S/C16H19F2N3OS2/c1-21(2)13(14-4-3-9-24-14)10-19-16(23)20-11-5-7-12(8-6-11)22-15(17)18/h3-9,13,15H,10H2,1-2H3,(H2,19,20,23)/t13-/m0/s1. The molecule has 1 heterocycles. The number of nitrogens with zero attached hydrogens (tertiary/aromatic N) is 1. The van der Waals surface area contributed by atoms with Crippen LogP contribution in [0.1, 0.15) is 10.9 Å². The van der Waals surface area contributed by atoms with Crippen molar-refractivity contribution >= 4 is 34.4 Å². The quantitative estimate of drug-likeness (QED) is 0.721. The Labute approximate surface area is 149 Å². The first-order valence-corrected chi connectivity index (χ1v) is 8.54. The molecule has 0 saturated heterocycles. The zero-order chi connectivity index (χ0) is 17.5. The fourth-order valence-electron chi connectivity index (χ4n) is 2.10. The monoisotopic (exact) mass is 371 g/mol. The van der Waals surface area contributed by atoms with Gasteiger partial charge < -0.3 is 20.3 Å². The van der Waals surface area contributed by atoms with Gasteiger partial charge in [0, 0.05) is 17.1 Å². The molecular formula is C16H19F2N3OS2. The number of ether oxygens (including phenoxy) is 1. The van der Waals surface area contributed by atoms with Gasteiger partial charge in [-0.15, -0.1) is 11.3 Å². The summed E-state index contributed by atoms with van der Waals surface area (Å²) in [6.07, 6.45) is 0. The first-order valence-electron chi connectivity index (χ1n) is 7.25. The predicted molar refractivity (Wildman–Crippen MR) is 98.0 cm³/mol. The van der Waals surface area contributed by atoms with E-state index < -0.39 is 6.61 Å². The molecular weight excluding hydrogens is 352 g/mol. The molecule has 0 aliphatic rings. The van der Waals surface area contributed by atoms with E-state index in [4.69, 9.17) is 12.2 Å². The molecule has 0 fully saturated rings. The summed E-state index contributed by atoms with van der Waals surface area (Å²) >= 11 is 6.99. The maximum absolute atomic E-state index is 12.1. The molecule has 2 N–H and O–H groups in total. The average molecular weight is 371 g/mol. The zero-order valence-corrected chi connectivity index (χ0v) is 15.0. The van der Waals surface area contributed by atoms with Crippen LogP contribution in [0.15, 0.2) is 41.8 Å². The lowest BCUT2D eigenvalue weighted by Crippen LogP contribution is -2.36. The molecule has 0 aliphatic heterocycles. The summed E-state index contributed by atoms with van der Waals surface area (Å²) in [4.78, 5) is 3.38. The van der Waals surface area contributed by atoms with E-state index in [1.807, 2.05) is 25.5 Å². The average Bonchev–Trinajstić information content (AvgIpc) is 3.02. The molecule has 0 unspecified atom stereocenters. The first-order chi connectivity index (χ1) is 11.5. The zero-order valence-electron chi connectivity index (χ0n) is 13.3. The van der Waals surface area contributed by atoms with Crippen LogP contribution < -0.4 is 15.4 Å². The van der Waals surface area contributed by atoms with Crippen molar-refractivity contribution in [3.63, 3.8) is 0 Å². The molecule has 4 nitrogen and oxygen atoms in total. The molecule has 2 aromatic rings. The molecule has 0 bridgehead atoms. The normalized spacial score (nSPS) is 12.2. The third-order valence-electron chi connectivity index (χ3n) is 3.29. The van der Waals surface area contributed by atoms with Crippen LogP contribution in [-0.4, -0.2) is 37.3 Å². The van der Waals surface area contributed by atoms with Crippen molar-refractivity contribution in [3.05, 3.63) is 46.7 Å². The number of halogens is 2. The number of benzene rings is 1. The number of likely N-dealkylation sites (N-methyl/N-ethyl adjacent to an activating group) is 1. The Balaban J connectivity index is 1.86. The Morgan fingerprint density at radius 3 is 2.50 bits per heavy atom. The lowest BCUT2D eigenvalue weighted by molar-refractivity contribution is -0.0498. The molecule has 0 saturated carbocycles. The van der Waals surface area contributed by atoms with Crippen molar-refractivity contribution in [1.29, 1.82) is 0 Å². The lowest BCUT2D eigenvalue weighted by atomic mass is 10.2. The molecule has 1 aromatic heterocycles. The maximum atomic E-state index is 12.1. The van der Waals surface area contributed by atoms with E-state index in [1.54, 1.807) is 23.5 Å². The van der Waals surface area contributed by atoms with E-state index in [-0.39, 0.29) is 11.8 Å². The van der Waals surface area contributed by atoms with Crippen molar-refractivity contribution < 1.29 is 13.5 Å². The van der Waals surface area contributed by atoms with Crippen molar-refractivity contribution in [3.8, 4) is 5.75 Å². The second-order valence-corrected chi connectivity index (χ2v) is 6.62. The third kappa shape index (κ3) is 5.70. The van der Waals surface area contributed by atoms with Gasteiger partial charge in [-0.05, 0) is 62.0 Å². The highest BCUT2D eigenvalue weighted by Crippen LogP contribution is 2.22. The van der Waals surface area contributed by atoms with E-state index in [2.05, 4.69) is 26.3 Å². The van der Waals surface area contributed by atoms with E-state index in [9.17, 15) is 8.78 Å². The number of anilines is 1. The number of alkyl halides is 2. The van der Waals surface area contributed by atoms with Gasteiger partial charge in [0.25, 0.3) is 0 Å². The number of rotatable bonds is 7. The summed E-state index contributed by atoms with van der Waals surface area (Å²) < 4.78 is 28.5. The first kappa shape index (κ1) is 18.6. The van der Waals surface area contributed by atoms with Crippen LogP contribution >= 0.6 is 23.6 Å². The van der Waals surface area contributed by atoms with Gasteiger partial charge in [-0.1, -0.05) is 6.07 Å². The van der Waals surface area contributed by atoms with Crippen LogP contribution in [0.3, 0.4) is 0 Å². The molecule has 1 aromatic carbocycles. The minimum Gasteiger partial charge on any atom is -0.435 e. The Morgan fingerprint density at radius 1 is 1.25 bits per heavy atom. The minimum absolute atomic E-state index is 0.111. The number of hydrogen-bond acceptors (Lipinski definition) is 4. The van der Waals surface area contributed by atoms with Crippen LogP contribution in [0.2, 0.25) is 0 Å². The van der Waals surface area contributed by atoms with Gasteiger partial charge in [0.05, 0.1) is 6.04 Å². The number of thiocarbonyl (C=S) groups is 1. The van der Waals surface area contributed by atoms with Crippen molar-refractivity contribution in [1.82, 2.24) is 10.2 Å². The second kappa shape index (κ2) is 8.91. The van der Waals surface area contributed by atoms with E-state index >= 15 is 0 Å². The van der Waals surface area contributed by atoms with Gasteiger partial charge in [0.1, 0.15) is 5.75 Å². The highest BCUT2D eigenvalue weighted by atomic mass is 32.1. The molecule has 1 atom stereocenters. The Morgan fingerprint density at radius 2 is 1.96 bits per heavy atom. The number of hydrogen-bond donors (Lipinski definition) is 2. The topological polar surface area (TPSA) is 36.5 Å². The Bertz CT molecular complexity index is 633. The van der Waals surface area contributed by atoms with Crippen LogP contribution in [0.25, 0.3) is 0 Å². The molecule has 0 spiro atoms. The van der Waals surface area contributed by atoms with Gasteiger partial charge in [-0.25, -0.2) is 0 Å². The smallest absolute Gasteiger partial charge is 0.387 e. The largest absolute Gasteiger partial charge is 0.435 e. The number of thiophene rings is 1. The van der Waals surface area contributed by atoms with Gasteiger partial charge in [-0.2, -0.15) is 8.78 Å². The second-order valence-electron chi connectivity index (χ2n) is 5.23. The Hall–Kier alpha value is -1.77. The Kier molecular flexibility index (Phi) is 6.89.